The molecule has 1 N–H and O–H groups in total. The molecule has 2 unspecified atom stereocenters. The second-order valence-corrected chi connectivity index (χ2v) is 8.14. The van der Waals surface area contributed by atoms with Crippen molar-refractivity contribution in [3.63, 3.8) is 0 Å². The summed E-state index contributed by atoms with van der Waals surface area (Å²) in [6, 6.07) is 16.2. The van der Waals surface area contributed by atoms with E-state index in [4.69, 9.17) is 11.6 Å². The summed E-state index contributed by atoms with van der Waals surface area (Å²) in [5.41, 5.74) is 3.43. The molecule has 0 aromatic heterocycles. The van der Waals surface area contributed by atoms with Gasteiger partial charge < -0.3 is 10.0 Å². The van der Waals surface area contributed by atoms with Crippen molar-refractivity contribution in [1.82, 2.24) is 4.90 Å². The van der Waals surface area contributed by atoms with Crippen LogP contribution in [0.1, 0.15) is 36.0 Å². The molecule has 1 aliphatic carbocycles. The van der Waals surface area contributed by atoms with Gasteiger partial charge in [0.15, 0.2) is 0 Å². The van der Waals surface area contributed by atoms with Crippen LogP contribution >= 0.6 is 11.6 Å². The van der Waals surface area contributed by atoms with Crippen LogP contribution in [0, 0.1) is 12.8 Å². The van der Waals surface area contributed by atoms with Crippen LogP contribution in [0.3, 0.4) is 0 Å². The molecule has 0 saturated heterocycles. The van der Waals surface area contributed by atoms with E-state index in [1.807, 2.05) is 30.3 Å². The highest BCUT2D eigenvalue weighted by molar-refractivity contribution is 6.30. The van der Waals surface area contributed by atoms with Crippen molar-refractivity contribution in [1.29, 1.82) is 0 Å². The van der Waals surface area contributed by atoms with Gasteiger partial charge in [-0.3, -0.25) is 0 Å². The first-order valence-electron chi connectivity index (χ1n) is 9.30. The minimum Gasteiger partial charge on any atom is -0.380 e. The van der Waals surface area contributed by atoms with Crippen molar-refractivity contribution < 1.29 is 5.11 Å². The summed E-state index contributed by atoms with van der Waals surface area (Å²) < 4.78 is 0. The van der Waals surface area contributed by atoms with Crippen molar-refractivity contribution in [2.24, 2.45) is 5.92 Å². The maximum absolute atomic E-state index is 12.0. The van der Waals surface area contributed by atoms with Crippen LogP contribution < -0.4 is 0 Å². The zero-order valence-corrected chi connectivity index (χ0v) is 16.6. The lowest BCUT2D eigenvalue weighted by Crippen LogP contribution is -2.44. The fourth-order valence-electron chi connectivity index (χ4n) is 4.11. The number of halogens is 1. The Morgan fingerprint density at radius 1 is 1.19 bits per heavy atom. The number of benzene rings is 2. The molecule has 138 valence electrons. The molecular weight excluding hydrogens is 342 g/mol. The van der Waals surface area contributed by atoms with E-state index < -0.39 is 5.60 Å². The van der Waals surface area contributed by atoms with Crippen LogP contribution in [0.25, 0.3) is 6.08 Å². The van der Waals surface area contributed by atoms with Gasteiger partial charge in [-0.2, -0.15) is 0 Å². The molecule has 0 spiro atoms. The van der Waals surface area contributed by atoms with Crippen molar-refractivity contribution in [3.8, 4) is 0 Å². The molecule has 2 atom stereocenters. The van der Waals surface area contributed by atoms with Gasteiger partial charge in [0.1, 0.15) is 5.60 Å². The summed E-state index contributed by atoms with van der Waals surface area (Å²) in [5.74, 6) is 0.173. The zero-order valence-electron chi connectivity index (χ0n) is 15.9. The Balaban J connectivity index is 2.09. The van der Waals surface area contributed by atoms with Crippen LogP contribution in [-0.2, 0) is 5.60 Å². The van der Waals surface area contributed by atoms with Gasteiger partial charge >= 0.3 is 0 Å². The van der Waals surface area contributed by atoms with Gasteiger partial charge in [0.25, 0.3) is 0 Å². The minimum atomic E-state index is -0.936. The molecule has 2 nitrogen and oxygen atoms in total. The highest BCUT2D eigenvalue weighted by atomic mass is 35.5. The average molecular weight is 370 g/mol. The Kier molecular flexibility index (Phi) is 5.86. The SMILES string of the molecule is Cc1cccc(C2(O)/C(=C/c3ccc(Cl)cc3)CCCC2CN(C)C)c1. The van der Waals surface area contributed by atoms with E-state index in [0.29, 0.717) is 0 Å². The molecule has 2 aromatic carbocycles. The summed E-state index contributed by atoms with van der Waals surface area (Å²) >= 11 is 6.03. The Bertz CT molecular complexity index is 781. The first-order valence-corrected chi connectivity index (χ1v) is 9.68. The lowest BCUT2D eigenvalue weighted by atomic mass is 9.67. The second kappa shape index (κ2) is 7.96. The molecule has 1 fully saturated rings. The lowest BCUT2D eigenvalue weighted by molar-refractivity contribution is -0.0174. The van der Waals surface area contributed by atoms with Gasteiger partial charge in [0.05, 0.1) is 0 Å². The Hall–Kier alpha value is -1.61. The number of aliphatic hydroxyl groups is 1. The zero-order chi connectivity index (χ0) is 18.7. The third-order valence-corrected chi connectivity index (χ3v) is 5.59. The number of hydrogen-bond donors (Lipinski definition) is 1. The molecule has 1 aliphatic rings. The molecule has 0 radical (unpaired) electrons. The maximum atomic E-state index is 12.0. The van der Waals surface area contributed by atoms with Gasteiger partial charge in [-0.1, -0.05) is 59.6 Å². The monoisotopic (exact) mass is 369 g/mol. The first-order chi connectivity index (χ1) is 12.4. The van der Waals surface area contributed by atoms with Crippen LogP contribution in [0.4, 0.5) is 0 Å². The summed E-state index contributed by atoms with van der Waals surface area (Å²) in [5, 5.41) is 12.8. The molecule has 3 heteroatoms. The average Bonchev–Trinajstić information content (AvgIpc) is 2.60. The lowest BCUT2D eigenvalue weighted by Gasteiger charge is -2.44. The molecule has 0 amide bonds. The Labute approximate surface area is 162 Å². The van der Waals surface area contributed by atoms with Gasteiger partial charge in [0.2, 0.25) is 0 Å². The minimum absolute atomic E-state index is 0.173. The van der Waals surface area contributed by atoms with E-state index >= 15 is 0 Å². The predicted molar refractivity (Wildman–Crippen MR) is 110 cm³/mol. The van der Waals surface area contributed by atoms with Crippen LogP contribution in [0.15, 0.2) is 54.1 Å². The third-order valence-electron chi connectivity index (χ3n) is 5.33. The number of hydrogen-bond acceptors (Lipinski definition) is 2. The number of rotatable bonds is 4. The van der Waals surface area contributed by atoms with Crippen molar-refractivity contribution in [3.05, 3.63) is 75.8 Å². The number of nitrogens with zero attached hydrogens (tertiary/aromatic N) is 1. The topological polar surface area (TPSA) is 23.5 Å². The summed E-state index contributed by atoms with van der Waals surface area (Å²) in [4.78, 5) is 2.18. The normalized spacial score (nSPS) is 25.0. The Morgan fingerprint density at radius 2 is 1.92 bits per heavy atom. The standard InChI is InChI=1S/C23H28ClNO/c1-17-6-4-7-19(14-17)23(26)20(8-5-9-21(23)16-25(2)3)15-18-10-12-22(24)13-11-18/h4,6-7,10-15,21,26H,5,8-9,16H2,1-3H3/b20-15+. The molecule has 26 heavy (non-hydrogen) atoms. The highest BCUT2D eigenvalue weighted by Gasteiger charge is 2.44. The summed E-state index contributed by atoms with van der Waals surface area (Å²) in [6.45, 7) is 2.95. The summed E-state index contributed by atoms with van der Waals surface area (Å²) in [7, 11) is 4.15. The molecule has 0 aliphatic heterocycles. The maximum Gasteiger partial charge on any atom is 0.115 e. The van der Waals surface area contributed by atoms with E-state index in [9.17, 15) is 5.11 Å². The molecule has 3 rings (SSSR count). The third kappa shape index (κ3) is 4.03. The molecule has 1 saturated carbocycles. The predicted octanol–water partition coefficient (Wildman–Crippen LogP) is 5.28. The molecule has 0 bridgehead atoms. The van der Waals surface area contributed by atoms with Gasteiger partial charge in [-0.15, -0.1) is 0 Å². The smallest absolute Gasteiger partial charge is 0.115 e. The first kappa shape index (κ1) is 19.2. The van der Waals surface area contributed by atoms with Gasteiger partial charge in [0, 0.05) is 17.5 Å². The van der Waals surface area contributed by atoms with Crippen LogP contribution in [0.5, 0.6) is 0 Å². The van der Waals surface area contributed by atoms with Gasteiger partial charge in [-0.25, -0.2) is 0 Å². The van der Waals surface area contributed by atoms with Crippen molar-refractivity contribution in [2.45, 2.75) is 31.8 Å². The largest absolute Gasteiger partial charge is 0.380 e. The van der Waals surface area contributed by atoms with Gasteiger partial charge in [-0.05, 0) is 69.1 Å². The molecular formula is C23H28ClNO. The summed E-state index contributed by atoms with van der Waals surface area (Å²) in [6.07, 6.45) is 5.20. The fourth-order valence-corrected chi connectivity index (χ4v) is 4.24. The molecule has 0 heterocycles. The highest BCUT2D eigenvalue weighted by Crippen LogP contribution is 2.46. The molecule has 2 aromatic rings. The second-order valence-electron chi connectivity index (χ2n) is 7.71. The van der Waals surface area contributed by atoms with E-state index in [-0.39, 0.29) is 5.92 Å². The van der Waals surface area contributed by atoms with Crippen molar-refractivity contribution in [2.75, 3.05) is 20.6 Å². The quantitative estimate of drug-likeness (QED) is 0.792. The van der Waals surface area contributed by atoms with E-state index in [2.05, 4.69) is 50.2 Å². The van der Waals surface area contributed by atoms with E-state index in [0.717, 1.165) is 47.5 Å². The Morgan fingerprint density at radius 3 is 2.58 bits per heavy atom. The van der Waals surface area contributed by atoms with Crippen molar-refractivity contribution >= 4 is 17.7 Å². The fraction of sp³-hybridized carbons (Fsp3) is 0.391. The number of aryl methyl sites for hydroxylation is 1. The van der Waals surface area contributed by atoms with E-state index in [1.165, 1.54) is 5.56 Å². The van der Waals surface area contributed by atoms with Crippen LogP contribution in [0.2, 0.25) is 5.02 Å². The van der Waals surface area contributed by atoms with E-state index in [1.54, 1.807) is 0 Å². The van der Waals surface area contributed by atoms with Crippen LogP contribution in [-0.4, -0.2) is 30.6 Å².